The molecule has 0 bridgehead atoms. The molecule has 0 fully saturated rings. The van der Waals surface area contributed by atoms with Gasteiger partial charge in [-0.2, -0.15) is 0 Å². The van der Waals surface area contributed by atoms with Gasteiger partial charge in [0.15, 0.2) is 0 Å². The van der Waals surface area contributed by atoms with Crippen LogP contribution < -0.4 is 11.1 Å². The number of aryl methyl sites for hydroxylation is 1. The Bertz CT molecular complexity index is 477. The van der Waals surface area contributed by atoms with E-state index in [9.17, 15) is 0 Å². The maximum absolute atomic E-state index is 5.82. The number of nitrogens with two attached hydrogens (primary N) is 1. The Hall–Kier alpha value is -1.14. The summed E-state index contributed by atoms with van der Waals surface area (Å²) in [5.41, 5.74) is 8.35. The molecular formula is C10H11BrN4S. The van der Waals surface area contributed by atoms with Crippen molar-refractivity contribution >= 4 is 38.6 Å². The van der Waals surface area contributed by atoms with Crippen LogP contribution in [-0.4, -0.2) is 9.97 Å². The van der Waals surface area contributed by atoms with Gasteiger partial charge in [0.25, 0.3) is 0 Å². The number of hydrogen-bond donors (Lipinski definition) is 2. The maximum Gasteiger partial charge on any atom is 0.112 e. The number of thiazole rings is 1. The summed E-state index contributed by atoms with van der Waals surface area (Å²) in [5.74, 6) is 0. The molecule has 2 heterocycles. The third-order valence-electron chi connectivity index (χ3n) is 2.01. The fraction of sp³-hybridized carbons (Fsp3) is 0.200. The number of nitrogen functional groups attached to an aromatic ring is 1. The van der Waals surface area contributed by atoms with E-state index in [1.807, 2.05) is 12.3 Å². The van der Waals surface area contributed by atoms with Crippen LogP contribution in [0.5, 0.6) is 0 Å². The number of anilines is 2. The zero-order valence-corrected chi connectivity index (χ0v) is 11.1. The van der Waals surface area contributed by atoms with Crippen LogP contribution >= 0.6 is 27.3 Å². The topological polar surface area (TPSA) is 63.8 Å². The van der Waals surface area contributed by atoms with Crippen LogP contribution in [0.15, 0.2) is 22.2 Å². The van der Waals surface area contributed by atoms with Gasteiger partial charge in [-0.1, -0.05) is 0 Å². The van der Waals surface area contributed by atoms with E-state index in [-0.39, 0.29) is 0 Å². The second-order valence-corrected chi connectivity index (χ2v) is 5.12. The molecule has 0 radical (unpaired) electrons. The van der Waals surface area contributed by atoms with Gasteiger partial charge in [0.05, 0.1) is 28.6 Å². The number of nitrogens with zero attached hydrogens (tertiary/aromatic N) is 2. The first-order valence-corrected chi connectivity index (χ1v) is 6.38. The molecule has 0 atom stereocenters. The number of halogens is 1. The minimum absolute atomic E-state index is 0.627. The molecule has 0 saturated carbocycles. The van der Waals surface area contributed by atoms with Gasteiger partial charge < -0.3 is 11.1 Å². The fourth-order valence-electron chi connectivity index (χ4n) is 1.28. The van der Waals surface area contributed by atoms with E-state index in [1.54, 1.807) is 23.7 Å². The van der Waals surface area contributed by atoms with Crippen molar-refractivity contribution in [2.45, 2.75) is 13.5 Å². The van der Waals surface area contributed by atoms with Crippen molar-refractivity contribution < 1.29 is 0 Å². The quantitative estimate of drug-likeness (QED) is 0.914. The SMILES string of the molecule is Cc1csc(CNc2c(N)cncc2Br)n1. The third-order valence-corrected chi connectivity index (χ3v) is 3.58. The Morgan fingerprint density at radius 3 is 2.94 bits per heavy atom. The van der Waals surface area contributed by atoms with Crippen LogP contribution in [0.25, 0.3) is 0 Å². The van der Waals surface area contributed by atoms with Gasteiger partial charge in [0.2, 0.25) is 0 Å². The highest BCUT2D eigenvalue weighted by molar-refractivity contribution is 9.10. The number of hydrogen-bond acceptors (Lipinski definition) is 5. The van der Waals surface area contributed by atoms with E-state index in [2.05, 4.69) is 31.2 Å². The molecule has 0 unspecified atom stereocenters. The molecule has 0 amide bonds. The first-order chi connectivity index (χ1) is 7.66. The van der Waals surface area contributed by atoms with Crippen LogP contribution in [-0.2, 0) is 6.54 Å². The summed E-state index contributed by atoms with van der Waals surface area (Å²) < 4.78 is 0.862. The van der Waals surface area contributed by atoms with E-state index >= 15 is 0 Å². The smallest absolute Gasteiger partial charge is 0.112 e. The van der Waals surface area contributed by atoms with Crippen molar-refractivity contribution in [3.05, 3.63) is 32.9 Å². The molecule has 2 aromatic heterocycles. The lowest BCUT2D eigenvalue weighted by molar-refractivity contribution is 1.07. The highest BCUT2D eigenvalue weighted by Crippen LogP contribution is 2.27. The molecule has 0 aliphatic rings. The molecule has 6 heteroatoms. The van der Waals surface area contributed by atoms with E-state index in [0.29, 0.717) is 12.2 Å². The summed E-state index contributed by atoms with van der Waals surface area (Å²) in [4.78, 5) is 8.35. The van der Waals surface area contributed by atoms with E-state index in [0.717, 1.165) is 20.9 Å². The van der Waals surface area contributed by atoms with Gasteiger partial charge in [-0.15, -0.1) is 11.3 Å². The molecule has 0 saturated heterocycles. The standard InChI is InChI=1S/C10H11BrN4S/c1-6-5-16-9(15-6)4-14-10-7(11)2-13-3-8(10)12/h2-3,5H,4,12H2,1H3,(H,13,14). The van der Waals surface area contributed by atoms with Crippen LogP contribution in [0.4, 0.5) is 11.4 Å². The van der Waals surface area contributed by atoms with Crippen molar-refractivity contribution in [1.29, 1.82) is 0 Å². The van der Waals surface area contributed by atoms with Crippen molar-refractivity contribution in [2.24, 2.45) is 0 Å². The summed E-state index contributed by atoms with van der Waals surface area (Å²) in [6, 6.07) is 0. The monoisotopic (exact) mass is 298 g/mol. The van der Waals surface area contributed by atoms with E-state index in [4.69, 9.17) is 5.73 Å². The lowest BCUT2D eigenvalue weighted by Gasteiger charge is -2.08. The van der Waals surface area contributed by atoms with E-state index < -0.39 is 0 Å². The van der Waals surface area contributed by atoms with Gasteiger partial charge in [-0.05, 0) is 22.9 Å². The van der Waals surface area contributed by atoms with Gasteiger partial charge in [-0.25, -0.2) is 4.98 Å². The second kappa shape index (κ2) is 4.80. The van der Waals surface area contributed by atoms with Crippen molar-refractivity contribution in [3.8, 4) is 0 Å². The largest absolute Gasteiger partial charge is 0.396 e. The summed E-state index contributed by atoms with van der Waals surface area (Å²) in [5, 5.41) is 6.32. The molecule has 16 heavy (non-hydrogen) atoms. The lowest BCUT2D eigenvalue weighted by atomic mass is 10.3. The maximum atomic E-state index is 5.82. The Morgan fingerprint density at radius 2 is 2.31 bits per heavy atom. The fourth-order valence-corrected chi connectivity index (χ4v) is 2.48. The Labute approximate surface area is 106 Å². The first kappa shape index (κ1) is 11.3. The number of aromatic nitrogens is 2. The zero-order valence-electron chi connectivity index (χ0n) is 8.70. The molecule has 0 spiro atoms. The van der Waals surface area contributed by atoms with Crippen LogP contribution in [0.1, 0.15) is 10.7 Å². The second-order valence-electron chi connectivity index (χ2n) is 3.32. The van der Waals surface area contributed by atoms with Gasteiger partial charge >= 0.3 is 0 Å². The average Bonchev–Trinajstić information content (AvgIpc) is 2.63. The minimum atomic E-state index is 0.627. The van der Waals surface area contributed by atoms with Crippen molar-refractivity contribution in [2.75, 3.05) is 11.1 Å². The molecule has 0 aromatic carbocycles. The van der Waals surface area contributed by atoms with Crippen LogP contribution in [0, 0.1) is 6.92 Å². The number of nitrogens with one attached hydrogen (secondary N) is 1. The van der Waals surface area contributed by atoms with Gasteiger partial charge in [0, 0.05) is 17.3 Å². The molecule has 0 aliphatic carbocycles. The Morgan fingerprint density at radius 1 is 1.50 bits per heavy atom. The predicted molar refractivity (Wildman–Crippen MR) is 70.5 cm³/mol. The molecule has 2 rings (SSSR count). The molecule has 84 valence electrons. The van der Waals surface area contributed by atoms with E-state index in [1.165, 1.54) is 0 Å². The number of pyridine rings is 1. The average molecular weight is 299 g/mol. The summed E-state index contributed by atoms with van der Waals surface area (Å²) in [6.07, 6.45) is 3.34. The van der Waals surface area contributed by atoms with Crippen molar-refractivity contribution in [3.63, 3.8) is 0 Å². The minimum Gasteiger partial charge on any atom is -0.396 e. The van der Waals surface area contributed by atoms with Gasteiger partial charge in [0.1, 0.15) is 5.01 Å². The van der Waals surface area contributed by atoms with Gasteiger partial charge in [-0.3, -0.25) is 4.98 Å². The molecule has 4 nitrogen and oxygen atoms in total. The molecular weight excluding hydrogens is 288 g/mol. The third kappa shape index (κ3) is 2.51. The Kier molecular flexibility index (Phi) is 3.40. The van der Waals surface area contributed by atoms with Crippen LogP contribution in [0.2, 0.25) is 0 Å². The molecule has 0 aliphatic heterocycles. The van der Waals surface area contributed by atoms with Crippen LogP contribution in [0.3, 0.4) is 0 Å². The number of rotatable bonds is 3. The highest BCUT2D eigenvalue weighted by Gasteiger charge is 2.05. The summed E-state index contributed by atoms with van der Waals surface area (Å²) in [6.45, 7) is 2.65. The predicted octanol–water partition coefficient (Wildman–Crippen LogP) is 2.80. The lowest BCUT2D eigenvalue weighted by Crippen LogP contribution is -2.03. The first-order valence-electron chi connectivity index (χ1n) is 4.70. The molecule has 2 aromatic rings. The summed E-state index contributed by atoms with van der Waals surface area (Å²) in [7, 11) is 0. The zero-order chi connectivity index (χ0) is 11.5. The molecule has 3 N–H and O–H groups in total. The normalized spacial score (nSPS) is 10.4. The Balaban J connectivity index is 2.10. The summed E-state index contributed by atoms with van der Waals surface area (Å²) >= 11 is 5.04. The van der Waals surface area contributed by atoms with Crippen molar-refractivity contribution in [1.82, 2.24) is 9.97 Å². The highest BCUT2D eigenvalue weighted by atomic mass is 79.9.